The number of aliphatic hydroxyl groups excluding tert-OH is 1. The van der Waals surface area contributed by atoms with Gasteiger partial charge in [-0.3, -0.25) is 4.79 Å². The summed E-state index contributed by atoms with van der Waals surface area (Å²) in [6.07, 6.45) is -0.810. The molecule has 0 spiro atoms. The molecule has 0 heterocycles. The zero-order chi connectivity index (χ0) is 21.0. The van der Waals surface area contributed by atoms with Crippen LogP contribution in [0.4, 0.5) is 0 Å². The third-order valence-electron chi connectivity index (χ3n) is 4.63. The second-order valence-electron chi connectivity index (χ2n) is 8.51. The molecule has 0 saturated heterocycles. The summed E-state index contributed by atoms with van der Waals surface area (Å²) in [5.74, 6) is -1.30. The average Bonchev–Trinajstić information content (AvgIpc) is 2.56. The van der Waals surface area contributed by atoms with Gasteiger partial charge < -0.3 is 9.84 Å². The lowest BCUT2D eigenvalue weighted by Crippen LogP contribution is -2.47. The summed E-state index contributed by atoms with van der Waals surface area (Å²) in [6, 6.07) is 5.94. The van der Waals surface area contributed by atoms with E-state index in [0.29, 0.717) is 0 Å². The molecule has 0 unspecified atom stereocenters. The van der Waals surface area contributed by atoms with Gasteiger partial charge in [-0.25, -0.2) is 13.1 Å². The monoisotopic (exact) mass is 399 g/mol. The summed E-state index contributed by atoms with van der Waals surface area (Å²) < 4.78 is 33.4. The van der Waals surface area contributed by atoms with E-state index < -0.39 is 39.5 Å². The van der Waals surface area contributed by atoms with Crippen LogP contribution in [0.3, 0.4) is 0 Å². The largest absolute Gasteiger partial charge is 0.464 e. The first kappa shape index (κ1) is 23.6. The minimum absolute atomic E-state index is 0.0778. The van der Waals surface area contributed by atoms with Crippen LogP contribution in [0.5, 0.6) is 0 Å². The SMILES string of the molecule is Cc1ccc(S(=O)(=O)N[C@H](COC(=O)[C@@H](C)[C@H](O)C(C)C)C(C)(C)C)cc1. The highest BCUT2D eigenvalue weighted by atomic mass is 32.2. The van der Waals surface area contributed by atoms with E-state index in [-0.39, 0.29) is 17.4 Å². The van der Waals surface area contributed by atoms with Crippen molar-refractivity contribution in [3.8, 4) is 0 Å². The Hall–Kier alpha value is -1.44. The maximum absolute atomic E-state index is 12.7. The predicted octanol–water partition coefficient (Wildman–Crippen LogP) is 2.88. The highest BCUT2D eigenvalue weighted by Gasteiger charge is 2.32. The third-order valence-corrected chi connectivity index (χ3v) is 6.12. The van der Waals surface area contributed by atoms with E-state index in [9.17, 15) is 18.3 Å². The van der Waals surface area contributed by atoms with E-state index in [1.165, 1.54) is 0 Å². The van der Waals surface area contributed by atoms with E-state index in [4.69, 9.17) is 4.74 Å². The highest BCUT2D eigenvalue weighted by molar-refractivity contribution is 7.89. The van der Waals surface area contributed by atoms with Gasteiger partial charge in [0.05, 0.1) is 23.0 Å². The highest BCUT2D eigenvalue weighted by Crippen LogP contribution is 2.23. The zero-order valence-corrected chi connectivity index (χ0v) is 18.1. The van der Waals surface area contributed by atoms with Gasteiger partial charge in [-0.1, -0.05) is 52.3 Å². The van der Waals surface area contributed by atoms with Gasteiger partial charge in [0, 0.05) is 0 Å². The number of nitrogens with one attached hydrogen (secondary N) is 1. The molecule has 154 valence electrons. The number of carbonyl (C=O) groups is 1. The Kier molecular flexibility index (Phi) is 8.01. The number of aliphatic hydroxyl groups is 1. The van der Waals surface area contributed by atoms with Crippen molar-refractivity contribution in [2.24, 2.45) is 17.3 Å². The number of hydrogen-bond donors (Lipinski definition) is 2. The third kappa shape index (κ3) is 6.90. The second kappa shape index (κ2) is 9.17. The van der Waals surface area contributed by atoms with Crippen LogP contribution in [0.2, 0.25) is 0 Å². The predicted molar refractivity (Wildman–Crippen MR) is 106 cm³/mol. The van der Waals surface area contributed by atoms with Crippen molar-refractivity contribution in [1.29, 1.82) is 0 Å². The molecule has 0 aliphatic heterocycles. The van der Waals surface area contributed by atoms with Crippen molar-refractivity contribution in [1.82, 2.24) is 4.72 Å². The minimum Gasteiger partial charge on any atom is -0.464 e. The lowest BCUT2D eigenvalue weighted by molar-refractivity contribution is -0.154. The molecular formula is C20H33NO5S. The molecule has 2 N–H and O–H groups in total. The second-order valence-corrected chi connectivity index (χ2v) is 10.2. The topological polar surface area (TPSA) is 92.7 Å². The van der Waals surface area contributed by atoms with Crippen molar-refractivity contribution in [3.05, 3.63) is 29.8 Å². The van der Waals surface area contributed by atoms with Gasteiger partial charge in [0.1, 0.15) is 6.61 Å². The maximum Gasteiger partial charge on any atom is 0.311 e. The van der Waals surface area contributed by atoms with Gasteiger partial charge >= 0.3 is 5.97 Å². The van der Waals surface area contributed by atoms with Crippen LogP contribution in [0.1, 0.15) is 47.1 Å². The van der Waals surface area contributed by atoms with Crippen molar-refractivity contribution in [2.45, 2.75) is 65.5 Å². The van der Waals surface area contributed by atoms with Crippen molar-refractivity contribution >= 4 is 16.0 Å². The van der Waals surface area contributed by atoms with Crippen molar-refractivity contribution in [2.75, 3.05) is 6.61 Å². The van der Waals surface area contributed by atoms with Gasteiger partial charge in [-0.2, -0.15) is 0 Å². The molecule has 6 nitrogen and oxygen atoms in total. The number of esters is 1. The molecular weight excluding hydrogens is 366 g/mol. The molecule has 27 heavy (non-hydrogen) atoms. The van der Waals surface area contributed by atoms with Crippen LogP contribution in [0, 0.1) is 24.2 Å². The molecule has 0 aliphatic rings. The van der Waals surface area contributed by atoms with E-state index in [2.05, 4.69) is 4.72 Å². The Morgan fingerprint density at radius 2 is 1.67 bits per heavy atom. The lowest BCUT2D eigenvalue weighted by atomic mass is 9.88. The Morgan fingerprint density at radius 1 is 1.15 bits per heavy atom. The fraction of sp³-hybridized carbons (Fsp3) is 0.650. The maximum atomic E-state index is 12.7. The number of sulfonamides is 1. The Labute approximate surface area is 163 Å². The number of benzene rings is 1. The minimum atomic E-state index is -3.75. The number of carbonyl (C=O) groups excluding carboxylic acids is 1. The zero-order valence-electron chi connectivity index (χ0n) is 17.3. The van der Waals surface area contributed by atoms with Crippen molar-refractivity contribution < 1.29 is 23.1 Å². The first-order valence-electron chi connectivity index (χ1n) is 9.19. The average molecular weight is 400 g/mol. The van der Waals surface area contributed by atoms with E-state index in [0.717, 1.165) is 5.56 Å². The summed E-state index contributed by atoms with van der Waals surface area (Å²) in [5.41, 5.74) is 0.491. The summed E-state index contributed by atoms with van der Waals surface area (Å²) in [4.78, 5) is 12.4. The first-order chi connectivity index (χ1) is 12.3. The van der Waals surface area contributed by atoms with Crippen LogP contribution < -0.4 is 4.72 Å². The van der Waals surface area contributed by atoms with Gasteiger partial charge in [0.15, 0.2) is 0 Å². The van der Waals surface area contributed by atoms with Gasteiger partial charge in [0.2, 0.25) is 10.0 Å². The van der Waals surface area contributed by atoms with Crippen LogP contribution >= 0.6 is 0 Å². The van der Waals surface area contributed by atoms with Gasteiger partial charge in [-0.05, 0) is 37.3 Å². The molecule has 7 heteroatoms. The standard InChI is InChI=1S/C20H33NO5S/c1-13(2)18(22)15(4)19(23)26-12-17(20(5,6)7)21-27(24,25)16-10-8-14(3)9-11-16/h8-11,13,15,17-18,21-22H,12H2,1-7H3/t15-,17+,18+/m0/s1. The number of rotatable bonds is 8. The Morgan fingerprint density at radius 3 is 2.11 bits per heavy atom. The molecule has 0 aromatic heterocycles. The molecule has 1 aromatic carbocycles. The quantitative estimate of drug-likeness (QED) is 0.656. The molecule has 0 amide bonds. The molecule has 0 bridgehead atoms. The summed E-state index contributed by atoms with van der Waals surface area (Å²) in [7, 11) is -3.75. The molecule has 0 fully saturated rings. The molecule has 3 atom stereocenters. The Bertz CT molecular complexity index is 720. The lowest BCUT2D eigenvalue weighted by Gasteiger charge is -2.31. The molecule has 0 saturated carbocycles. The van der Waals surface area contributed by atoms with Crippen LogP contribution in [0.15, 0.2) is 29.2 Å². The normalized spacial score (nSPS) is 16.0. The number of aryl methyl sites for hydroxylation is 1. The smallest absolute Gasteiger partial charge is 0.311 e. The number of ether oxygens (including phenoxy) is 1. The first-order valence-corrected chi connectivity index (χ1v) is 10.7. The number of hydrogen-bond acceptors (Lipinski definition) is 5. The van der Waals surface area contributed by atoms with Gasteiger partial charge in [-0.15, -0.1) is 0 Å². The summed E-state index contributed by atoms with van der Waals surface area (Å²) in [5, 5.41) is 10.0. The summed E-state index contributed by atoms with van der Waals surface area (Å²) >= 11 is 0. The van der Waals surface area contributed by atoms with Crippen molar-refractivity contribution in [3.63, 3.8) is 0 Å². The van der Waals surface area contributed by atoms with Gasteiger partial charge in [0.25, 0.3) is 0 Å². The van der Waals surface area contributed by atoms with Crippen LogP contribution in [-0.2, 0) is 19.6 Å². The fourth-order valence-electron chi connectivity index (χ4n) is 2.45. The van der Waals surface area contributed by atoms with E-state index >= 15 is 0 Å². The summed E-state index contributed by atoms with van der Waals surface area (Å²) in [6.45, 7) is 12.6. The van der Waals surface area contributed by atoms with E-state index in [1.807, 2.05) is 41.5 Å². The van der Waals surface area contributed by atoms with Crippen LogP contribution in [0.25, 0.3) is 0 Å². The fourth-order valence-corrected chi connectivity index (χ4v) is 3.87. The molecule has 0 radical (unpaired) electrons. The van der Waals surface area contributed by atoms with Crippen LogP contribution in [-0.4, -0.2) is 38.2 Å². The Balaban J connectivity index is 2.88. The molecule has 1 aromatic rings. The van der Waals surface area contributed by atoms with E-state index in [1.54, 1.807) is 31.2 Å². The molecule has 0 aliphatic carbocycles. The molecule has 1 rings (SSSR count).